The minimum absolute atomic E-state index is 0.240. The molecule has 4 rings (SSSR count). The van der Waals surface area contributed by atoms with Gasteiger partial charge in [0.05, 0.1) is 11.9 Å². The molecule has 0 saturated heterocycles. The van der Waals surface area contributed by atoms with Crippen molar-refractivity contribution < 1.29 is 4.79 Å². The van der Waals surface area contributed by atoms with E-state index < -0.39 is 0 Å². The van der Waals surface area contributed by atoms with Crippen molar-refractivity contribution in [3.05, 3.63) is 84.2 Å². The van der Waals surface area contributed by atoms with Gasteiger partial charge in [0, 0.05) is 25.2 Å². The van der Waals surface area contributed by atoms with Gasteiger partial charge in [-0.3, -0.25) is 4.79 Å². The van der Waals surface area contributed by atoms with Gasteiger partial charge >= 0.3 is 0 Å². The highest BCUT2D eigenvalue weighted by Gasteiger charge is 2.32. The molecule has 0 radical (unpaired) electrons. The number of hydrogen-bond acceptors (Lipinski definition) is 2. The third-order valence-corrected chi connectivity index (χ3v) is 4.79. The SMILES string of the molecule is O=C(CCc1cnn(-c2ccccc2)c1)N(Cc1ccccc1)C1CC1. The van der Waals surface area contributed by atoms with Crippen LogP contribution in [-0.4, -0.2) is 26.6 Å². The van der Waals surface area contributed by atoms with Crippen molar-refractivity contribution in [2.45, 2.75) is 38.3 Å². The van der Waals surface area contributed by atoms with E-state index in [2.05, 4.69) is 22.1 Å². The van der Waals surface area contributed by atoms with Crippen LogP contribution in [0.4, 0.5) is 0 Å². The molecule has 1 heterocycles. The lowest BCUT2D eigenvalue weighted by Crippen LogP contribution is -2.32. The summed E-state index contributed by atoms with van der Waals surface area (Å²) in [6.07, 6.45) is 7.39. The Morgan fingerprint density at radius 2 is 1.69 bits per heavy atom. The van der Waals surface area contributed by atoms with E-state index in [4.69, 9.17) is 0 Å². The minimum atomic E-state index is 0.240. The summed E-state index contributed by atoms with van der Waals surface area (Å²) in [7, 11) is 0. The number of nitrogens with zero attached hydrogens (tertiary/aromatic N) is 3. The molecule has 1 aliphatic carbocycles. The zero-order chi connectivity index (χ0) is 17.8. The van der Waals surface area contributed by atoms with Crippen molar-refractivity contribution in [1.29, 1.82) is 0 Å². The Bertz CT molecular complexity index is 853. The van der Waals surface area contributed by atoms with Crippen LogP contribution in [-0.2, 0) is 17.8 Å². The highest BCUT2D eigenvalue weighted by molar-refractivity contribution is 5.77. The van der Waals surface area contributed by atoms with E-state index in [-0.39, 0.29) is 5.91 Å². The van der Waals surface area contributed by atoms with Gasteiger partial charge in [-0.1, -0.05) is 48.5 Å². The average Bonchev–Trinajstić information content (AvgIpc) is 3.42. The van der Waals surface area contributed by atoms with Gasteiger partial charge in [0.25, 0.3) is 0 Å². The third kappa shape index (κ3) is 4.02. The van der Waals surface area contributed by atoms with E-state index in [1.54, 1.807) is 0 Å². The predicted molar refractivity (Wildman–Crippen MR) is 102 cm³/mol. The third-order valence-electron chi connectivity index (χ3n) is 4.79. The summed E-state index contributed by atoms with van der Waals surface area (Å²) in [6.45, 7) is 0.716. The number of para-hydroxylation sites is 1. The van der Waals surface area contributed by atoms with Crippen molar-refractivity contribution in [3.63, 3.8) is 0 Å². The maximum absolute atomic E-state index is 12.8. The van der Waals surface area contributed by atoms with Crippen LogP contribution in [0.5, 0.6) is 0 Å². The molecule has 3 aromatic rings. The molecule has 1 saturated carbocycles. The van der Waals surface area contributed by atoms with E-state index in [9.17, 15) is 4.79 Å². The Labute approximate surface area is 154 Å². The first-order valence-corrected chi connectivity index (χ1v) is 9.22. The number of amides is 1. The number of benzene rings is 2. The van der Waals surface area contributed by atoms with Gasteiger partial charge in [-0.05, 0) is 42.5 Å². The highest BCUT2D eigenvalue weighted by atomic mass is 16.2. The number of carbonyl (C=O) groups excluding carboxylic acids is 1. The standard InChI is InChI=1S/C22H23N3O/c26-22(24(20-12-13-20)16-18-7-3-1-4-8-18)14-11-19-15-23-25(17-19)21-9-5-2-6-10-21/h1-10,15,17,20H,11-14,16H2. The smallest absolute Gasteiger partial charge is 0.223 e. The zero-order valence-electron chi connectivity index (χ0n) is 14.8. The molecule has 1 aliphatic rings. The largest absolute Gasteiger partial charge is 0.335 e. The van der Waals surface area contributed by atoms with Gasteiger partial charge in [-0.25, -0.2) is 4.68 Å². The van der Waals surface area contributed by atoms with Crippen LogP contribution in [0.25, 0.3) is 5.69 Å². The summed E-state index contributed by atoms with van der Waals surface area (Å²) in [4.78, 5) is 14.8. The van der Waals surface area contributed by atoms with Crippen molar-refractivity contribution in [1.82, 2.24) is 14.7 Å². The molecular formula is C22H23N3O. The van der Waals surface area contributed by atoms with Crippen molar-refractivity contribution >= 4 is 5.91 Å². The normalized spacial score (nSPS) is 13.5. The van der Waals surface area contributed by atoms with Crippen LogP contribution in [0.2, 0.25) is 0 Å². The highest BCUT2D eigenvalue weighted by Crippen LogP contribution is 2.29. The Morgan fingerprint density at radius 3 is 2.38 bits per heavy atom. The summed E-state index contributed by atoms with van der Waals surface area (Å²) in [5.41, 5.74) is 3.33. The fourth-order valence-corrected chi connectivity index (χ4v) is 3.19. The summed E-state index contributed by atoms with van der Waals surface area (Å²) in [6, 6.07) is 20.7. The first-order chi connectivity index (χ1) is 12.8. The fraction of sp³-hybridized carbons (Fsp3) is 0.273. The minimum Gasteiger partial charge on any atom is -0.335 e. The molecule has 0 atom stereocenters. The second kappa shape index (κ2) is 7.56. The Kier molecular flexibility index (Phi) is 4.82. The molecule has 132 valence electrons. The van der Waals surface area contributed by atoms with Crippen LogP contribution < -0.4 is 0 Å². The lowest BCUT2D eigenvalue weighted by molar-refractivity contribution is -0.132. The zero-order valence-corrected chi connectivity index (χ0v) is 14.8. The van der Waals surface area contributed by atoms with E-state index in [1.165, 1.54) is 5.56 Å². The molecule has 0 aliphatic heterocycles. The molecule has 4 heteroatoms. The predicted octanol–water partition coefficient (Wildman–Crippen LogP) is 4.00. The summed E-state index contributed by atoms with van der Waals surface area (Å²) in [5.74, 6) is 0.240. The summed E-state index contributed by atoms with van der Waals surface area (Å²) >= 11 is 0. The van der Waals surface area contributed by atoms with Gasteiger partial charge < -0.3 is 4.90 Å². The van der Waals surface area contributed by atoms with Crippen LogP contribution in [0.1, 0.15) is 30.4 Å². The number of carbonyl (C=O) groups is 1. The Hall–Kier alpha value is -2.88. The molecular weight excluding hydrogens is 322 g/mol. The molecule has 0 spiro atoms. The Morgan fingerprint density at radius 1 is 1.00 bits per heavy atom. The van der Waals surface area contributed by atoms with Gasteiger partial charge in [-0.15, -0.1) is 0 Å². The summed E-state index contributed by atoms with van der Waals surface area (Å²) in [5, 5.41) is 4.42. The lowest BCUT2D eigenvalue weighted by atomic mass is 10.1. The molecule has 2 aromatic carbocycles. The van der Waals surface area contributed by atoms with E-state index in [0.717, 1.165) is 30.5 Å². The molecule has 1 fully saturated rings. The molecule has 0 unspecified atom stereocenters. The molecule has 0 bridgehead atoms. The number of hydrogen-bond donors (Lipinski definition) is 0. The van der Waals surface area contributed by atoms with Crippen LogP contribution >= 0.6 is 0 Å². The molecule has 4 nitrogen and oxygen atoms in total. The molecule has 1 amide bonds. The van der Waals surface area contributed by atoms with Crippen molar-refractivity contribution in [2.24, 2.45) is 0 Å². The maximum Gasteiger partial charge on any atom is 0.223 e. The van der Waals surface area contributed by atoms with Crippen molar-refractivity contribution in [3.8, 4) is 5.69 Å². The van der Waals surface area contributed by atoms with E-state index in [0.29, 0.717) is 19.0 Å². The first-order valence-electron chi connectivity index (χ1n) is 9.22. The quantitative estimate of drug-likeness (QED) is 0.649. The molecule has 1 aromatic heterocycles. The van der Waals surface area contributed by atoms with E-state index in [1.807, 2.05) is 65.6 Å². The monoisotopic (exact) mass is 345 g/mol. The number of aromatic nitrogens is 2. The Balaban J connectivity index is 1.37. The van der Waals surface area contributed by atoms with Crippen LogP contribution in [0, 0.1) is 0 Å². The van der Waals surface area contributed by atoms with Gasteiger partial charge in [0.15, 0.2) is 0 Å². The molecule has 0 N–H and O–H groups in total. The maximum atomic E-state index is 12.8. The fourth-order valence-electron chi connectivity index (χ4n) is 3.19. The van der Waals surface area contributed by atoms with Crippen molar-refractivity contribution in [2.75, 3.05) is 0 Å². The van der Waals surface area contributed by atoms with Crippen LogP contribution in [0.15, 0.2) is 73.1 Å². The first kappa shape index (κ1) is 16.6. The summed E-state index contributed by atoms with van der Waals surface area (Å²) < 4.78 is 1.86. The van der Waals surface area contributed by atoms with Gasteiger partial charge in [0.1, 0.15) is 0 Å². The second-order valence-electron chi connectivity index (χ2n) is 6.87. The van der Waals surface area contributed by atoms with Crippen LogP contribution in [0.3, 0.4) is 0 Å². The lowest BCUT2D eigenvalue weighted by Gasteiger charge is -2.22. The average molecular weight is 345 g/mol. The van der Waals surface area contributed by atoms with Gasteiger partial charge in [0.2, 0.25) is 5.91 Å². The van der Waals surface area contributed by atoms with Gasteiger partial charge in [-0.2, -0.15) is 5.10 Å². The molecule has 26 heavy (non-hydrogen) atoms. The van der Waals surface area contributed by atoms with E-state index >= 15 is 0 Å². The number of aryl methyl sites for hydroxylation is 1. The number of rotatable bonds is 7. The topological polar surface area (TPSA) is 38.1 Å². The second-order valence-corrected chi connectivity index (χ2v) is 6.87.